The minimum atomic E-state index is -4.24. The first kappa shape index (κ1) is 32.5. The van der Waals surface area contributed by atoms with Gasteiger partial charge in [-0.1, -0.05) is 68.3 Å². The fourth-order valence-electron chi connectivity index (χ4n) is 4.54. The number of methoxy groups -OCH3 is 2. The summed E-state index contributed by atoms with van der Waals surface area (Å²) in [6, 6.07) is 19.7. The lowest BCUT2D eigenvalue weighted by atomic mass is 10.1. The molecule has 0 aliphatic rings. The molecule has 0 aromatic heterocycles. The topological polar surface area (TPSA) is 105 Å². The van der Waals surface area contributed by atoms with E-state index in [9.17, 15) is 18.0 Å². The number of aryl methyl sites for hydroxylation is 1. The number of carbonyl (C=O) groups excluding carboxylic acids is 2. The van der Waals surface area contributed by atoms with Crippen molar-refractivity contribution < 1.29 is 27.5 Å². The zero-order valence-electron chi connectivity index (χ0n) is 25.0. The SMILES string of the molecule is CCCCNC(=O)[C@H](CC)N(Cc1ccc(C)cc1)C(=O)CN(c1ccccc1)S(=O)(=O)c1ccc(OC)c(OC)c1. The third kappa shape index (κ3) is 8.03. The number of anilines is 1. The van der Waals surface area contributed by atoms with Crippen molar-refractivity contribution in [2.45, 2.75) is 57.5 Å². The summed E-state index contributed by atoms with van der Waals surface area (Å²) in [6.45, 7) is 5.99. The minimum absolute atomic E-state index is 0.0637. The summed E-state index contributed by atoms with van der Waals surface area (Å²) in [5.74, 6) is -0.141. The van der Waals surface area contributed by atoms with E-state index in [1.165, 1.54) is 37.3 Å². The summed E-state index contributed by atoms with van der Waals surface area (Å²) in [4.78, 5) is 28.8. The number of ether oxygens (including phenoxy) is 2. The first-order valence-electron chi connectivity index (χ1n) is 14.1. The summed E-state index contributed by atoms with van der Waals surface area (Å²) in [5, 5.41) is 2.94. The second kappa shape index (κ2) is 15.3. The quantitative estimate of drug-likeness (QED) is 0.250. The van der Waals surface area contributed by atoms with Gasteiger partial charge in [0, 0.05) is 19.2 Å². The van der Waals surface area contributed by atoms with Gasteiger partial charge in [-0.15, -0.1) is 0 Å². The third-order valence-electron chi connectivity index (χ3n) is 6.96. The largest absolute Gasteiger partial charge is 0.493 e. The Morgan fingerprint density at radius 1 is 0.905 bits per heavy atom. The molecular weight excluding hydrogens is 554 g/mol. The van der Waals surface area contributed by atoms with Gasteiger partial charge in [-0.2, -0.15) is 0 Å². The molecule has 9 nitrogen and oxygen atoms in total. The van der Waals surface area contributed by atoms with Crippen LogP contribution in [0.2, 0.25) is 0 Å². The van der Waals surface area contributed by atoms with Crippen LogP contribution in [0.3, 0.4) is 0 Å². The van der Waals surface area contributed by atoms with E-state index in [0.29, 0.717) is 24.4 Å². The second-order valence-corrected chi connectivity index (χ2v) is 11.8. The van der Waals surface area contributed by atoms with Crippen LogP contribution in [0.5, 0.6) is 11.5 Å². The predicted molar refractivity (Wildman–Crippen MR) is 164 cm³/mol. The van der Waals surface area contributed by atoms with Crippen LogP contribution in [0.4, 0.5) is 5.69 Å². The van der Waals surface area contributed by atoms with E-state index in [2.05, 4.69) is 5.32 Å². The van der Waals surface area contributed by atoms with Gasteiger partial charge in [-0.3, -0.25) is 13.9 Å². The van der Waals surface area contributed by atoms with Crippen molar-refractivity contribution in [1.29, 1.82) is 0 Å². The fourth-order valence-corrected chi connectivity index (χ4v) is 5.97. The van der Waals surface area contributed by atoms with Crippen LogP contribution in [0, 0.1) is 6.92 Å². The van der Waals surface area contributed by atoms with Crippen molar-refractivity contribution >= 4 is 27.5 Å². The van der Waals surface area contributed by atoms with E-state index in [4.69, 9.17) is 9.47 Å². The second-order valence-electron chi connectivity index (χ2n) is 9.94. The van der Waals surface area contributed by atoms with Crippen molar-refractivity contribution in [3.05, 3.63) is 83.9 Å². The van der Waals surface area contributed by atoms with Gasteiger partial charge in [0.25, 0.3) is 10.0 Å². The molecule has 3 aromatic carbocycles. The summed E-state index contributed by atoms with van der Waals surface area (Å²) < 4.78 is 39.8. The molecule has 1 atom stereocenters. The molecule has 10 heteroatoms. The molecule has 2 amide bonds. The number of nitrogens with zero attached hydrogens (tertiary/aromatic N) is 2. The summed E-state index contributed by atoms with van der Waals surface area (Å²) in [6.07, 6.45) is 2.10. The van der Waals surface area contributed by atoms with Gasteiger partial charge in [-0.05, 0) is 49.6 Å². The Morgan fingerprint density at radius 2 is 1.57 bits per heavy atom. The number of hydrogen-bond donors (Lipinski definition) is 1. The number of carbonyl (C=O) groups is 2. The van der Waals surface area contributed by atoms with Crippen LogP contribution in [0.25, 0.3) is 0 Å². The van der Waals surface area contributed by atoms with Gasteiger partial charge in [-0.25, -0.2) is 8.42 Å². The van der Waals surface area contributed by atoms with Gasteiger partial charge < -0.3 is 19.7 Å². The van der Waals surface area contributed by atoms with Crippen LogP contribution < -0.4 is 19.1 Å². The molecule has 226 valence electrons. The van der Waals surface area contributed by atoms with Gasteiger partial charge >= 0.3 is 0 Å². The molecule has 0 fully saturated rings. The lowest BCUT2D eigenvalue weighted by molar-refractivity contribution is -0.140. The fraction of sp³-hybridized carbons (Fsp3) is 0.375. The molecule has 42 heavy (non-hydrogen) atoms. The van der Waals surface area contributed by atoms with Gasteiger partial charge in [0.2, 0.25) is 11.8 Å². The van der Waals surface area contributed by atoms with Crippen LogP contribution >= 0.6 is 0 Å². The van der Waals surface area contributed by atoms with Gasteiger partial charge in [0.05, 0.1) is 24.8 Å². The molecule has 0 spiro atoms. The highest BCUT2D eigenvalue weighted by Gasteiger charge is 2.34. The van der Waals surface area contributed by atoms with Crippen LogP contribution in [0.15, 0.2) is 77.7 Å². The Bertz CT molecular complexity index is 1430. The molecule has 1 N–H and O–H groups in total. The van der Waals surface area contributed by atoms with Crippen LogP contribution in [-0.2, 0) is 26.2 Å². The third-order valence-corrected chi connectivity index (χ3v) is 8.72. The molecule has 3 aromatic rings. The van der Waals surface area contributed by atoms with Gasteiger partial charge in [0.15, 0.2) is 11.5 Å². The lowest BCUT2D eigenvalue weighted by Crippen LogP contribution is -2.52. The number of amides is 2. The zero-order valence-corrected chi connectivity index (χ0v) is 25.8. The van der Waals surface area contributed by atoms with Crippen LogP contribution in [-0.4, -0.2) is 58.5 Å². The summed E-state index contributed by atoms with van der Waals surface area (Å²) in [7, 11) is -1.35. The molecule has 0 aliphatic carbocycles. The average molecular weight is 596 g/mol. The maximum Gasteiger partial charge on any atom is 0.264 e. The number of hydrogen-bond acceptors (Lipinski definition) is 6. The molecular formula is C32H41N3O6S. The van der Waals surface area contributed by atoms with Crippen LogP contribution in [0.1, 0.15) is 44.2 Å². The minimum Gasteiger partial charge on any atom is -0.493 e. The smallest absolute Gasteiger partial charge is 0.264 e. The van der Waals surface area contributed by atoms with E-state index in [0.717, 1.165) is 28.3 Å². The Labute approximate surface area is 249 Å². The number of sulfonamides is 1. The molecule has 0 radical (unpaired) electrons. The molecule has 0 saturated heterocycles. The standard InChI is InChI=1S/C32H41N3O6S/c1-6-8-20-33-32(37)28(7-2)34(22-25-16-14-24(3)15-17-25)31(36)23-35(26-12-10-9-11-13-26)42(38,39)27-18-19-29(40-4)30(21-27)41-5/h9-19,21,28H,6-8,20,22-23H2,1-5H3,(H,33,37)/t28-/m0/s1. The monoisotopic (exact) mass is 595 g/mol. The number of nitrogens with one attached hydrogen (secondary N) is 1. The Hall–Kier alpha value is -4.05. The van der Waals surface area contributed by atoms with Crippen molar-refractivity contribution in [2.24, 2.45) is 0 Å². The highest BCUT2D eigenvalue weighted by atomic mass is 32.2. The van der Waals surface area contributed by atoms with E-state index in [1.807, 2.05) is 45.0 Å². The Kier molecular flexibility index (Phi) is 11.8. The van der Waals surface area contributed by atoms with E-state index < -0.39 is 28.5 Å². The summed E-state index contributed by atoms with van der Waals surface area (Å²) in [5.41, 5.74) is 2.22. The van der Waals surface area contributed by atoms with E-state index >= 15 is 0 Å². The Morgan fingerprint density at radius 3 is 2.17 bits per heavy atom. The van der Waals surface area contributed by atoms with Gasteiger partial charge in [0.1, 0.15) is 12.6 Å². The zero-order chi connectivity index (χ0) is 30.7. The van der Waals surface area contributed by atoms with E-state index in [-0.39, 0.29) is 23.1 Å². The number of para-hydroxylation sites is 1. The highest BCUT2D eigenvalue weighted by molar-refractivity contribution is 7.92. The maximum absolute atomic E-state index is 14.1. The number of benzene rings is 3. The Balaban J connectivity index is 2.04. The number of unbranched alkanes of at least 4 members (excludes halogenated alkanes) is 1. The lowest BCUT2D eigenvalue weighted by Gasteiger charge is -2.33. The molecule has 0 bridgehead atoms. The van der Waals surface area contributed by atoms with Crippen molar-refractivity contribution in [1.82, 2.24) is 10.2 Å². The highest BCUT2D eigenvalue weighted by Crippen LogP contribution is 2.32. The maximum atomic E-state index is 14.1. The molecule has 0 unspecified atom stereocenters. The summed E-state index contributed by atoms with van der Waals surface area (Å²) >= 11 is 0. The number of rotatable bonds is 15. The van der Waals surface area contributed by atoms with Crippen molar-refractivity contribution in [3.8, 4) is 11.5 Å². The van der Waals surface area contributed by atoms with E-state index in [1.54, 1.807) is 30.3 Å². The first-order chi connectivity index (χ1) is 20.2. The predicted octanol–water partition coefficient (Wildman–Crippen LogP) is 4.93. The molecule has 0 saturated carbocycles. The normalized spacial score (nSPS) is 11.8. The molecule has 3 rings (SSSR count). The average Bonchev–Trinajstić information content (AvgIpc) is 3.00. The molecule has 0 aliphatic heterocycles. The molecule has 0 heterocycles. The van der Waals surface area contributed by atoms with Crippen molar-refractivity contribution in [2.75, 3.05) is 31.6 Å². The first-order valence-corrected chi connectivity index (χ1v) is 15.5. The van der Waals surface area contributed by atoms with Crippen molar-refractivity contribution in [3.63, 3.8) is 0 Å².